The fourth-order valence-corrected chi connectivity index (χ4v) is 4.16. The molecular formula is C13H26N4O2S. The highest BCUT2D eigenvalue weighted by Gasteiger charge is 2.26. The van der Waals surface area contributed by atoms with E-state index < -0.39 is 10.0 Å². The third-order valence-electron chi connectivity index (χ3n) is 3.11. The van der Waals surface area contributed by atoms with Gasteiger partial charge < -0.3 is 5.73 Å². The molecule has 0 aliphatic rings. The number of sulfonamides is 1. The first-order valence-corrected chi connectivity index (χ1v) is 8.43. The molecule has 0 saturated carbocycles. The van der Waals surface area contributed by atoms with Crippen LogP contribution in [-0.4, -0.2) is 30.8 Å². The van der Waals surface area contributed by atoms with Crippen LogP contribution in [0.4, 0.5) is 0 Å². The molecule has 0 aliphatic heterocycles. The maximum atomic E-state index is 12.5. The van der Waals surface area contributed by atoms with Crippen LogP contribution < -0.4 is 10.5 Å². The minimum absolute atomic E-state index is 0.100. The third-order valence-corrected chi connectivity index (χ3v) is 4.95. The zero-order valence-corrected chi connectivity index (χ0v) is 13.8. The van der Waals surface area contributed by atoms with Crippen molar-refractivity contribution in [1.82, 2.24) is 14.5 Å². The predicted octanol–water partition coefficient (Wildman–Crippen LogP) is 1.17. The molecule has 0 saturated heterocycles. The first-order chi connectivity index (χ1) is 9.19. The number of nitrogens with one attached hydrogen (secondary N) is 1. The van der Waals surface area contributed by atoms with Gasteiger partial charge in [-0.2, -0.15) is 5.10 Å². The van der Waals surface area contributed by atoms with Gasteiger partial charge in [0, 0.05) is 12.6 Å². The van der Waals surface area contributed by atoms with Crippen molar-refractivity contribution in [3.63, 3.8) is 0 Å². The maximum absolute atomic E-state index is 12.5. The fourth-order valence-electron chi connectivity index (χ4n) is 2.49. The lowest BCUT2D eigenvalue weighted by molar-refractivity contribution is 0.482. The summed E-state index contributed by atoms with van der Waals surface area (Å²) < 4.78 is 29.4. The van der Waals surface area contributed by atoms with Crippen molar-refractivity contribution >= 4 is 10.0 Å². The average Bonchev–Trinajstić information content (AvgIpc) is 2.52. The van der Waals surface area contributed by atoms with Crippen molar-refractivity contribution in [3.8, 4) is 0 Å². The molecule has 1 rings (SSSR count). The molecule has 1 atom stereocenters. The summed E-state index contributed by atoms with van der Waals surface area (Å²) in [6.07, 6.45) is 0.800. The van der Waals surface area contributed by atoms with Crippen LogP contribution in [0.25, 0.3) is 0 Å². The van der Waals surface area contributed by atoms with Crippen molar-refractivity contribution in [3.05, 3.63) is 11.4 Å². The summed E-state index contributed by atoms with van der Waals surface area (Å²) in [5, 5.41) is 4.25. The maximum Gasteiger partial charge on any atom is 0.244 e. The van der Waals surface area contributed by atoms with E-state index in [0.717, 1.165) is 6.42 Å². The summed E-state index contributed by atoms with van der Waals surface area (Å²) >= 11 is 0. The summed E-state index contributed by atoms with van der Waals surface area (Å²) in [6, 6.07) is -0.100. The van der Waals surface area contributed by atoms with Crippen LogP contribution in [0.2, 0.25) is 0 Å². The van der Waals surface area contributed by atoms with E-state index >= 15 is 0 Å². The predicted molar refractivity (Wildman–Crippen MR) is 80.0 cm³/mol. The second-order valence-electron chi connectivity index (χ2n) is 5.66. The molecule has 1 unspecified atom stereocenters. The van der Waals surface area contributed by atoms with Gasteiger partial charge in [-0.3, -0.25) is 4.68 Å². The molecule has 6 nitrogen and oxygen atoms in total. The molecule has 0 radical (unpaired) electrons. The molecule has 1 aromatic heterocycles. The zero-order chi connectivity index (χ0) is 15.5. The van der Waals surface area contributed by atoms with Gasteiger partial charge >= 0.3 is 0 Å². The number of nitrogens with two attached hydrogens (primary N) is 1. The van der Waals surface area contributed by atoms with Crippen LogP contribution in [0.15, 0.2) is 4.90 Å². The van der Waals surface area contributed by atoms with Crippen LogP contribution in [0.3, 0.4) is 0 Å². The van der Waals surface area contributed by atoms with Gasteiger partial charge in [0.05, 0.1) is 17.9 Å². The molecule has 20 heavy (non-hydrogen) atoms. The highest BCUT2D eigenvalue weighted by Crippen LogP contribution is 2.20. The second-order valence-corrected chi connectivity index (χ2v) is 7.31. The lowest BCUT2D eigenvalue weighted by Crippen LogP contribution is -2.34. The van der Waals surface area contributed by atoms with Crippen molar-refractivity contribution in [1.29, 1.82) is 0 Å². The zero-order valence-electron chi connectivity index (χ0n) is 13.0. The lowest BCUT2D eigenvalue weighted by atomic mass is 10.1. The lowest BCUT2D eigenvalue weighted by Gasteiger charge is -2.16. The molecule has 1 aromatic rings. The Morgan fingerprint density at radius 3 is 2.40 bits per heavy atom. The highest BCUT2D eigenvalue weighted by molar-refractivity contribution is 7.89. The van der Waals surface area contributed by atoms with Gasteiger partial charge in [-0.25, -0.2) is 13.1 Å². The van der Waals surface area contributed by atoms with Gasteiger partial charge in [0.25, 0.3) is 0 Å². The van der Waals surface area contributed by atoms with Gasteiger partial charge in [0.2, 0.25) is 10.0 Å². The highest BCUT2D eigenvalue weighted by atomic mass is 32.2. The van der Waals surface area contributed by atoms with Crippen molar-refractivity contribution in [2.45, 2.75) is 58.5 Å². The van der Waals surface area contributed by atoms with E-state index in [9.17, 15) is 8.42 Å². The first-order valence-electron chi connectivity index (χ1n) is 6.95. The van der Waals surface area contributed by atoms with Gasteiger partial charge in [-0.1, -0.05) is 13.8 Å². The van der Waals surface area contributed by atoms with Crippen LogP contribution in [0.1, 0.15) is 38.6 Å². The third kappa shape index (κ3) is 4.04. The number of aromatic nitrogens is 2. The average molecular weight is 302 g/mol. The Kier molecular flexibility index (Phi) is 5.73. The Balaban J connectivity index is 3.04. The van der Waals surface area contributed by atoms with E-state index in [1.54, 1.807) is 18.5 Å². The Morgan fingerprint density at radius 2 is 1.90 bits per heavy atom. The van der Waals surface area contributed by atoms with Crippen LogP contribution in [0.5, 0.6) is 0 Å². The normalized spacial score (nSPS) is 13.9. The van der Waals surface area contributed by atoms with Crippen LogP contribution in [0, 0.1) is 19.8 Å². The van der Waals surface area contributed by atoms with Gasteiger partial charge in [0.1, 0.15) is 4.90 Å². The van der Waals surface area contributed by atoms with E-state index in [-0.39, 0.29) is 10.9 Å². The number of hydrogen-bond donors (Lipinski definition) is 2. The minimum atomic E-state index is -3.54. The van der Waals surface area contributed by atoms with Gasteiger partial charge in [0.15, 0.2) is 0 Å². The quantitative estimate of drug-likeness (QED) is 0.791. The van der Waals surface area contributed by atoms with E-state index in [1.807, 2.05) is 6.92 Å². The van der Waals surface area contributed by atoms with Crippen molar-refractivity contribution in [2.24, 2.45) is 11.7 Å². The minimum Gasteiger partial charge on any atom is -0.329 e. The summed E-state index contributed by atoms with van der Waals surface area (Å²) in [4.78, 5) is 0.279. The molecular weight excluding hydrogens is 276 g/mol. The summed E-state index contributed by atoms with van der Waals surface area (Å²) in [7, 11) is -3.54. The van der Waals surface area contributed by atoms with E-state index in [2.05, 4.69) is 23.7 Å². The van der Waals surface area contributed by atoms with Crippen LogP contribution >= 0.6 is 0 Å². The molecule has 0 spiro atoms. The molecule has 1 heterocycles. The molecule has 7 heteroatoms. The van der Waals surface area contributed by atoms with E-state index in [1.165, 1.54) is 0 Å². The van der Waals surface area contributed by atoms with Gasteiger partial charge in [-0.05, 0) is 33.1 Å². The number of hydrogen-bond acceptors (Lipinski definition) is 4. The number of nitrogens with zero attached hydrogens (tertiary/aromatic N) is 2. The molecule has 3 N–H and O–H groups in total. The van der Waals surface area contributed by atoms with E-state index in [0.29, 0.717) is 30.4 Å². The second kappa shape index (κ2) is 6.69. The molecule has 0 fully saturated rings. The Hall–Kier alpha value is -0.920. The largest absolute Gasteiger partial charge is 0.329 e. The summed E-state index contributed by atoms with van der Waals surface area (Å²) in [5.74, 6) is 0.440. The first kappa shape index (κ1) is 17.1. The summed E-state index contributed by atoms with van der Waals surface area (Å²) in [6.45, 7) is 10.4. The smallest absolute Gasteiger partial charge is 0.244 e. The topological polar surface area (TPSA) is 90.0 Å². The molecule has 0 aromatic carbocycles. The number of rotatable bonds is 7. The molecule has 0 aliphatic carbocycles. The Bertz CT molecular complexity index is 549. The van der Waals surface area contributed by atoms with Crippen molar-refractivity contribution in [2.75, 3.05) is 6.54 Å². The Labute approximate surface area is 121 Å². The Morgan fingerprint density at radius 1 is 1.30 bits per heavy atom. The SMILES string of the molecule is Cc1nn(CCN)c(C)c1S(=O)(=O)NC(C)CC(C)C. The van der Waals surface area contributed by atoms with Crippen LogP contribution in [-0.2, 0) is 16.6 Å². The standard InChI is InChI=1S/C13H26N4O2S/c1-9(2)8-10(3)16-20(18,19)13-11(4)15-17(7-6-14)12(13)5/h9-10,16H,6-8,14H2,1-5H3. The van der Waals surface area contributed by atoms with Gasteiger partial charge in [-0.15, -0.1) is 0 Å². The molecule has 116 valence electrons. The van der Waals surface area contributed by atoms with Crippen molar-refractivity contribution < 1.29 is 8.42 Å². The monoisotopic (exact) mass is 302 g/mol. The number of aryl methyl sites for hydroxylation is 1. The molecule has 0 bridgehead atoms. The fraction of sp³-hybridized carbons (Fsp3) is 0.769. The van der Waals surface area contributed by atoms with E-state index in [4.69, 9.17) is 5.73 Å². The summed E-state index contributed by atoms with van der Waals surface area (Å²) in [5.41, 5.74) is 6.66. The molecule has 0 amide bonds.